The summed E-state index contributed by atoms with van der Waals surface area (Å²) in [5.74, 6) is 0.687. The molecule has 2 aromatic rings. The summed E-state index contributed by atoms with van der Waals surface area (Å²) in [5, 5.41) is 4.00. The Morgan fingerprint density at radius 1 is 1.23 bits per heavy atom. The van der Waals surface area contributed by atoms with Gasteiger partial charge in [0.2, 0.25) is 5.91 Å². The Hall–Kier alpha value is -2.10. The summed E-state index contributed by atoms with van der Waals surface area (Å²) >= 11 is 0. The first-order valence-electron chi connectivity index (χ1n) is 8.10. The highest BCUT2D eigenvalue weighted by Gasteiger charge is 2.15. The first-order chi connectivity index (χ1) is 10.7. The van der Waals surface area contributed by atoms with E-state index in [0.717, 1.165) is 17.4 Å². The Morgan fingerprint density at radius 3 is 2.82 bits per heavy atom. The van der Waals surface area contributed by atoms with Crippen LogP contribution in [-0.2, 0) is 11.2 Å². The van der Waals surface area contributed by atoms with Gasteiger partial charge in [-0.3, -0.25) is 9.59 Å². The molecule has 4 nitrogen and oxygen atoms in total. The van der Waals surface area contributed by atoms with Gasteiger partial charge in [0.1, 0.15) is 0 Å². The van der Waals surface area contributed by atoms with Gasteiger partial charge in [0, 0.05) is 24.0 Å². The highest BCUT2D eigenvalue weighted by Crippen LogP contribution is 2.23. The summed E-state index contributed by atoms with van der Waals surface area (Å²) < 4.78 is 0. The number of nitrogens with one attached hydrogen (secondary N) is 2. The predicted octanol–water partition coefficient (Wildman–Crippen LogP) is 2.77. The molecule has 0 atom stereocenters. The molecule has 22 heavy (non-hydrogen) atoms. The van der Waals surface area contributed by atoms with Gasteiger partial charge in [-0.15, -0.1) is 0 Å². The Labute approximate surface area is 129 Å². The van der Waals surface area contributed by atoms with E-state index in [1.807, 2.05) is 30.3 Å². The second-order valence-corrected chi connectivity index (χ2v) is 6.17. The first kappa shape index (κ1) is 14.8. The van der Waals surface area contributed by atoms with E-state index < -0.39 is 0 Å². The van der Waals surface area contributed by atoms with E-state index in [0.29, 0.717) is 24.3 Å². The molecule has 1 aromatic heterocycles. The summed E-state index contributed by atoms with van der Waals surface area (Å²) in [7, 11) is 0. The molecule has 0 spiro atoms. The van der Waals surface area contributed by atoms with Crippen LogP contribution >= 0.6 is 0 Å². The number of pyridine rings is 1. The number of rotatable bonds is 5. The molecule has 4 heteroatoms. The van der Waals surface area contributed by atoms with Gasteiger partial charge in [0.25, 0.3) is 5.56 Å². The Kier molecular flexibility index (Phi) is 4.56. The van der Waals surface area contributed by atoms with Gasteiger partial charge in [-0.2, -0.15) is 0 Å². The fourth-order valence-electron chi connectivity index (χ4n) is 3.19. The molecule has 0 aliphatic heterocycles. The third-order valence-corrected chi connectivity index (χ3v) is 4.51. The third kappa shape index (κ3) is 3.56. The lowest BCUT2D eigenvalue weighted by atomic mass is 10.1. The van der Waals surface area contributed by atoms with Crippen LogP contribution in [0.5, 0.6) is 0 Å². The number of hydrogen-bond acceptors (Lipinski definition) is 2. The van der Waals surface area contributed by atoms with Crippen LogP contribution in [0.25, 0.3) is 10.9 Å². The maximum absolute atomic E-state index is 12.0. The minimum atomic E-state index is -0.0951. The maximum Gasteiger partial charge on any atom is 0.251 e. The number of hydrogen-bond donors (Lipinski definition) is 2. The van der Waals surface area contributed by atoms with Crippen molar-refractivity contribution in [1.82, 2.24) is 10.3 Å². The van der Waals surface area contributed by atoms with Crippen LogP contribution in [0, 0.1) is 5.92 Å². The standard InChI is InChI=1S/C18H22N2O2/c21-17(19-12-13-5-1-2-6-13)10-9-15-11-14-7-3-4-8-16(14)20-18(15)22/h3-4,7-8,11,13H,1-2,5-6,9-10,12H2,(H,19,21)(H,20,22). The molecule has 1 fully saturated rings. The van der Waals surface area contributed by atoms with Crippen LogP contribution in [-0.4, -0.2) is 17.4 Å². The molecule has 1 aliphatic rings. The van der Waals surface area contributed by atoms with Gasteiger partial charge in [-0.05, 0) is 42.7 Å². The normalized spacial score (nSPS) is 15.3. The van der Waals surface area contributed by atoms with Crippen molar-refractivity contribution in [3.63, 3.8) is 0 Å². The molecule has 1 amide bonds. The molecule has 3 rings (SSSR count). The molecule has 1 aromatic carbocycles. The number of aromatic nitrogens is 1. The number of carbonyl (C=O) groups is 1. The molecule has 0 bridgehead atoms. The average molecular weight is 298 g/mol. The van der Waals surface area contributed by atoms with Gasteiger partial charge < -0.3 is 10.3 Å². The smallest absolute Gasteiger partial charge is 0.251 e. The van der Waals surface area contributed by atoms with Crippen LogP contribution in [0.4, 0.5) is 0 Å². The number of benzene rings is 1. The van der Waals surface area contributed by atoms with E-state index >= 15 is 0 Å². The molecule has 116 valence electrons. The minimum absolute atomic E-state index is 0.0412. The minimum Gasteiger partial charge on any atom is -0.356 e. The predicted molar refractivity (Wildman–Crippen MR) is 87.9 cm³/mol. The average Bonchev–Trinajstić information content (AvgIpc) is 3.04. The van der Waals surface area contributed by atoms with Crippen molar-refractivity contribution < 1.29 is 4.79 Å². The van der Waals surface area contributed by atoms with E-state index in [2.05, 4.69) is 10.3 Å². The van der Waals surface area contributed by atoms with Crippen molar-refractivity contribution in [3.8, 4) is 0 Å². The monoisotopic (exact) mass is 298 g/mol. The zero-order valence-electron chi connectivity index (χ0n) is 12.7. The van der Waals surface area contributed by atoms with Gasteiger partial charge in [0.05, 0.1) is 0 Å². The van der Waals surface area contributed by atoms with Crippen LogP contribution in [0.15, 0.2) is 35.1 Å². The lowest BCUT2D eigenvalue weighted by molar-refractivity contribution is -0.121. The molecule has 1 aliphatic carbocycles. The fraction of sp³-hybridized carbons (Fsp3) is 0.444. The largest absolute Gasteiger partial charge is 0.356 e. The Bertz CT molecular complexity index is 714. The second-order valence-electron chi connectivity index (χ2n) is 6.17. The number of aromatic amines is 1. The molecule has 0 radical (unpaired) electrons. The van der Waals surface area contributed by atoms with Crippen molar-refractivity contribution >= 4 is 16.8 Å². The highest BCUT2D eigenvalue weighted by atomic mass is 16.1. The van der Waals surface area contributed by atoms with Crippen molar-refractivity contribution in [1.29, 1.82) is 0 Å². The number of amides is 1. The Balaban J connectivity index is 1.57. The maximum atomic E-state index is 12.0. The summed E-state index contributed by atoms with van der Waals surface area (Å²) in [6, 6.07) is 9.58. The molecule has 1 saturated carbocycles. The number of para-hydroxylation sites is 1. The zero-order valence-corrected chi connectivity index (χ0v) is 12.7. The van der Waals surface area contributed by atoms with Gasteiger partial charge in [-0.1, -0.05) is 31.0 Å². The molecule has 0 unspecified atom stereocenters. The lowest BCUT2D eigenvalue weighted by Gasteiger charge is -2.10. The SMILES string of the molecule is O=C(CCc1cc2ccccc2[nH]c1=O)NCC1CCCC1. The summed E-state index contributed by atoms with van der Waals surface area (Å²) in [4.78, 5) is 26.8. The van der Waals surface area contributed by atoms with Crippen molar-refractivity contribution in [2.75, 3.05) is 6.54 Å². The topological polar surface area (TPSA) is 62.0 Å². The molecule has 0 saturated heterocycles. The summed E-state index contributed by atoms with van der Waals surface area (Å²) in [6.07, 6.45) is 5.88. The number of H-pyrrole nitrogens is 1. The number of carbonyl (C=O) groups excluding carboxylic acids is 1. The van der Waals surface area contributed by atoms with Crippen LogP contribution < -0.4 is 10.9 Å². The number of fused-ring (bicyclic) bond motifs is 1. The molecular weight excluding hydrogens is 276 g/mol. The van der Waals surface area contributed by atoms with E-state index in [1.54, 1.807) is 0 Å². The molecule has 1 heterocycles. The molecular formula is C18H22N2O2. The molecule has 2 N–H and O–H groups in total. The third-order valence-electron chi connectivity index (χ3n) is 4.51. The Morgan fingerprint density at radius 2 is 2.00 bits per heavy atom. The van der Waals surface area contributed by atoms with E-state index in [9.17, 15) is 9.59 Å². The zero-order chi connectivity index (χ0) is 15.4. The van der Waals surface area contributed by atoms with Crippen LogP contribution in [0.2, 0.25) is 0 Å². The van der Waals surface area contributed by atoms with Gasteiger partial charge in [0.15, 0.2) is 0 Å². The van der Waals surface area contributed by atoms with E-state index in [1.165, 1.54) is 25.7 Å². The van der Waals surface area contributed by atoms with Gasteiger partial charge >= 0.3 is 0 Å². The first-order valence-corrected chi connectivity index (χ1v) is 8.10. The van der Waals surface area contributed by atoms with Crippen LogP contribution in [0.1, 0.15) is 37.7 Å². The van der Waals surface area contributed by atoms with Crippen molar-refractivity contribution in [2.24, 2.45) is 5.92 Å². The lowest BCUT2D eigenvalue weighted by Crippen LogP contribution is -2.29. The number of aryl methyl sites for hydroxylation is 1. The van der Waals surface area contributed by atoms with Crippen molar-refractivity contribution in [2.45, 2.75) is 38.5 Å². The van der Waals surface area contributed by atoms with Gasteiger partial charge in [-0.25, -0.2) is 0 Å². The summed E-state index contributed by atoms with van der Waals surface area (Å²) in [5.41, 5.74) is 1.42. The highest BCUT2D eigenvalue weighted by molar-refractivity contribution is 5.79. The summed E-state index contributed by atoms with van der Waals surface area (Å²) in [6.45, 7) is 0.785. The van der Waals surface area contributed by atoms with Crippen LogP contribution in [0.3, 0.4) is 0 Å². The van der Waals surface area contributed by atoms with E-state index in [-0.39, 0.29) is 11.5 Å². The quantitative estimate of drug-likeness (QED) is 0.891. The van der Waals surface area contributed by atoms with E-state index in [4.69, 9.17) is 0 Å². The fourth-order valence-corrected chi connectivity index (χ4v) is 3.19. The van der Waals surface area contributed by atoms with Crippen molar-refractivity contribution in [3.05, 3.63) is 46.2 Å². The second kappa shape index (κ2) is 6.77.